The summed E-state index contributed by atoms with van der Waals surface area (Å²) in [5.74, 6) is 0.432. The van der Waals surface area contributed by atoms with Crippen LogP contribution >= 0.6 is 0 Å². The highest BCUT2D eigenvalue weighted by Gasteiger charge is 2.38. The number of ketones is 1. The number of fused-ring (bicyclic) bond motifs is 1. The summed E-state index contributed by atoms with van der Waals surface area (Å²) >= 11 is 0. The normalized spacial score (nSPS) is 14.9. The number of aromatic nitrogens is 4. The van der Waals surface area contributed by atoms with Crippen molar-refractivity contribution < 1.29 is 23.8 Å². The lowest BCUT2D eigenvalue weighted by atomic mass is 9.89. The van der Waals surface area contributed by atoms with E-state index >= 15 is 0 Å². The van der Waals surface area contributed by atoms with Crippen molar-refractivity contribution in [2.45, 2.75) is 13.0 Å². The van der Waals surface area contributed by atoms with E-state index in [-0.39, 0.29) is 23.0 Å². The standard InChI is InChI=1S/C22H21N5O5/c1-4-32-16-11-5-13(6-12-16)19-17(20(28)14-7-9-15(30-2)10-8-14)18(21(29)31-3)23-22-24-25-26-27(19)22/h5-12,19H,4H2,1-3H3,(H,23,24,26)/t19-/m0/s1. The predicted octanol–water partition coefficient (Wildman–Crippen LogP) is 2.41. The number of allylic oxidation sites excluding steroid dienone is 1. The number of nitrogens with zero attached hydrogens (tertiary/aromatic N) is 4. The van der Waals surface area contributed by atoms with Gasteiger partial charge in [0.1, 0.15) is 23.2 Å². The van der Waals surface area contributed by atoms with E-state index in [4.69, 9.17) is 14.2 Å². The molecule has 164 valence electrons. The summed E-state index contributed by atoms with van der Waals surface area (Å²) in [6.45, 7) is 2.42. The van der Waals surface area contributed by atoms with Crippen LogP contribution < -0.4 is 14.8 Å². The van der Waals surface area contributed by atoms with Gasteiger partial charge in [0.05, 0.1) is 26.4 Å². The predicted molar refractivity (Wildman–Crippen MR) is 114 cm³/mol. The van der Waals surface area contributed by atoms with Gasteiger partial charge in [-0.3, -0.25) is 4.79 Å². The fourth-order valence-electron chi connectivity index (χ4n) is 3.51. The van der Waals surface area contributed by atoms with Crippen LogP contribution in [0, 0.1) is 0 Å². The Morgan fingerprint density at radius 3 is 2.34 bits per heavy atom. The zero-order valence-electron chi connectivity index (χ0n) is 17.7. The Morgan fingerprint density at radius 2 is 1.72 bits per heavy atom. The van der Waals surface area contributed by atoms with Gasteiger partial charge in [0, 0.05) is 5.56 Å². The van der Waals surface area contributed by atoms with E-state index in [0.29, 0.717) is 29.2 Å². The largest absolute Gasteiger partial charge is 0.497 e. The molecule has 0 spiro atoms. The minimum absolute atomic E-state index is 0.0190. The molecule has 0 unspecified atom stereocenters. The first-order valence-corrected chi connectivity index (χ1v) is 9.86. The van der Waals surface area contributed by atoms with Crippen molar-refractivity contribution in [2.75, 3.05) is 26.1 Å². The SMILES string of the molecule is CCOc1ccc([C@H]2C(C(=O)c3ccc(OC)cc3)=C(C(=O)OC)Nc3nnnn32)cc1. The Bertz CT molecular complexity index is 1170. The number of carbonyl (C=O) groups is 2. The molecule has 0 saturated heterocycles. The highest BCUT2D eigenvalue weighted by molar-refractivity contribution is 6.14. The molecule has 0 radical (unpaired) electrons. The van der Waals surface area contributed by atoms with Crippen LogP contribution in [-0.4, -0.2) is 52.8 Å². The van der Waals surface area contributed by atoms with Crippen LogP contribution in [0.4, 0.5) is 5.95 Å². The van der Waals surface area contributed by atoms with Crippen LogP contribution in [0.1, 0.15) is 28.9 Å². The number of hydrogen-bond donors (Lipinski definition) is 1. The molecule has 2 heterocycles. The van der Waals surface area contributed by atoms with Crippen molar-refractivity contribution >= 4 is 17.7 Å². The number of hydrogen-bond acceptors (Lipinski definition) is 9. The van der Waals surface area contributed by atoms with Crippen molar-refractivity contribution in [3.8, 4) is 11.5 Å². The number of methoxy groups -OCH3 is 2. The Labute approximate surface area is 183 Å². The summed E-state index contributed by atoms with van der Waals surface area (Å²) in [7, 11) is 2.79. The van der Waals surface area contributed by atoms with Gasteiger partial charge in [-0.1, -0.05) is 17.2 Å². The lowest BCUT2D eigenvalue weighted by molar-refractivity contribution is -0.136. The lowest BCUT2D eigenvalue weighted by Gasteiger charge is -2.28. The molecule has 4 rings (SSSR count). The van der Waals surface area contributed by atoms with Gasteiger partial charge < -0.3 is 19.5 Å². The molecule has 10 heteroatoms. The van der Waals surface area contributed by atoms with Crippen LogP contribution in [0.3, 0.4) is 0 Å². The number of ether oxygens (including phenoxy) is 3. The summed E-state index contributed by atoms with van der Waals surface area (Å²) in [6.07, 6.45) is 0. The van der Waals surface area contributed by atoms with Gasteiger partial charge in [-0.05, 0) is 59.3 Å². The van der Waals surface area contributed by atoms with Crippen molar-refractivity contribution in [1.29, 1.82) is 0 Å². The quantitative estimate of drug-likeness (QED) is 0.441. The minimum atomic E-state index is -0.763. The van der Waals surface area contributed by atoms with Crippen molar-refractivity contribution in [1.82, 2.24) is 20.2 Å². The molecular formula is C22H21N5O5. The second kappa shape index (κ2) is 8.88. The maximum Gasteiger partial charge on any atom is 0.355 e. The number of rotatable bonds is 7. The zero-order valence-corrected chi connectivity index (χ0v) is 17.7. The monoisotopic (exact) mass is 435 g/mol. The Balaban J connectivity index is 1.87. The Kier molecular flexibility index (Phi) is 5.84. The summed E-state index contributed by atoms with van der Waals surface area (Å²) < 4.78 is 17.1. The van der Waals surface area contributed by atoms with Gasteiger partial charge in [0.15, 0.2) is 5.78 Å². The number of Topliss-reactive ketones (excluding diaryl/α,β-unsaturated/α-hetero) is 1. The molecule has 1 aromatic heterocycles. The molecule has 0 fully saturated rings. The first-order chi connectivity index (χ1) is 15.6. The molecule has 0 bridgehead atoms. The van der Waals surface area contributed by atoms with Crippen LogP contribution in [0.5, 0.6) is 11.5 Å². The number of benzene rings is 2. The molecule has 0 aliphatic carbocycles. The van der Waals surface area contributed by atoms with E-state index in [2.05, 4.69) is 20.8 Å². The molecule has 0 saturated carbocycles. The van der Waals surface area contributed by atoms with Crippen LogP contribution in [0.2, 0.25) is 0 Å². The molecule has 1 aliphatic rings. The van der Waals surface area contributed by atoms with Crippen LogP contribution in [-0.2, 0) is 9.53 Å². The topological polar surface area (TPSA) is 117 Å². The molecule has 1 atom stereocenters. The number of tetrazole rings is 1. The molecule has 0 amide bonds. The third-order valence-electron chi connectivity index (χ3n) is 5.01. The average Bonchev–Trinajstić information content (AvgIpc) is 3.31. The van der Waals surface area contributed by atoms with Gasteiger partial charge in [0.2, 0.25) is 5.95 Å². The van der Waals surface area contributed by atoms with E-state index < -0.39 is 12.0 Å². The van der Waals surface area contributed by atoms with Crippen molar-refractivity contribution in [3.05, 3.63) is 70.9 Å². The van der Waals surface area contributed by atoms with E-state index in [0.717, 1.165) is 0 Å². The van der Waals surface area contributed by atoms with Gasteiger partial charge in [-0.15, -0.1) is 0 Å². The zero-order chi connectivity index (χ0) is 22.7. The number of esters is 1. The third-order valence-corrected chi connectivity index (χ3v) is 5.01. The summed E-state index contributed by atoms with van der Waals surface area (Å²) in [5.41, 5.74) is 1.21. The van der Waals surface area contributed by atoms with Gasteiger partial charge in [0.25, 0.3) is 0 Å². The van der Waals surface area contributed by atoms with Crippen LogP contribution in [0.15, 0.2) is 59.8 Å². The third kappa shape index (κ3) is 3.78. The molecular weight excluding hydrogens is 414 g/mol. The summed E-state index contributed by atoms with van der Waals surface area (Å²) in [6, 6.07) is 13.1. The second-order valence-electron chi connectivity index (χ2n) is 6.81. The number of anilines is 1. The minimum Gasteiger partial charge on any atom is -0.497 e. The molecule has 2 aromatic carbocycles. The van der Waals surface area contributed by atoms with Gasteiger partial charge >= 0.3 is 5.97 Å². The average molecular weight is 435 g/mol. The first kappa shape index (κ1) is 21.0. The Hall–Kier alpha value is -4.21. The molecule has 10 nitrogen and oxygen atoms in total. The molecule has 3 aromatic rings. The van der Waals surface area contributed by atoms with E-state index in [1.165, 1.54) is 11.8 Å². The van der Waals surface area contributed by atoms with E-state index in [1.807, 2.05) is 19.1 Å². The maximum absolute atomic E-state index is 13.7. The second-order valence-corrected chi connectivity index (χ2v) is 6.81. The molecule has 32 heavy (non-hydrogen) atoms. The molecule has 1 N–H and O–H groups in total. The smallest absolute Gasteiger partial charge is 0.355 e. The fourth-order valence-corrected chi connectivity index (χ4v) is 3.51. The lowest BCUT2D eigenvalue weighted by Crippen LogP contribution is -2.32. The number of nitrogens with one attached hydrogen (secondary N) is 1. The molecule has 1 aliphatic heterocycles. The Morgan fingerprint density at radius 1 is 1.03 bits per heavy atom. The summed E-state index contributed by atoms with van der Waals surface area (Å²) in [4.78, 5) is 26.3. The van der Waals surface area contributed by atoms with Crippen molar-refractivity contribution in [3.63, 3.8) is 0 Å². The highest BCUT2D eigenvalue weighted by atomic mass is 16.5. The van der Waals surface area contributed by atoms with Crippen molar-refractivity contribution in [2.24, 2.45) is 0 Å². The van der Waals surface area contributed by atoms with E-state index in [9.17, 15) is 9.59 Å². The number of carbonyl (C=O) groups excluding carboxylic acids is 2. The fraction of sp³-hybridized carbons (Fsp3) is 0.227. The van der Waals surface area contributed by atoms with Gasteiger partial charge in [-0.2, -0.15) is 4.68 Å². The van der Waals surface area contributed by atoms with Gasteiger partial charge in [-0.25, -0.2) is 4.79 Å². The summed E-state index contributed by atoms with van der Waals surface area (Å²) in [5, 5.41) is 14.5. The van der Waals surface area contributed by atoms with Crippen LogP contribution in [0.25, 0.3) is 0 Å². The first-order valence-electron chi connectivity index (χ1n) is 9.86. The van der Waals surface area contributed by atoms with E-state index in [1.54, 1.807) is 43.5 Å². The highest BCUT2D eigenvalue weighted by Crippen LogP contribution is 2.37. The maximum atomic E-state index is 13.7.